The van der Waals surface area contributed by atoms with E-state index < -0.39 is 0 Å². The maximum absolute atomic E-state index is 13.4. The molecule has 3 aliphatic rings. The molecule has 2 amide bonds. The Morgan fingerprint density at radius 1 is 1.19 bits per heavy atom. The number of hydrogen-bond acceptors (Lipinski definition) is 5. The van der Waals surface area contributed by atoms with Crippen LogP contribution in [-0.2, 0) is 11.2 Å². The number of aromatic nitrogens is 4. The van der Waals surface area contributed by atoms with Crippen LogP contribution in [-0.4, -0.2) is 50.0 Å². The number of nitrogens with one attached hydrogen (secondary N) is 1. The maximum Gasteiger partial charge on any atom is 0.274 e. The number of likely N-dealkylation sites (tertiary alicyclic amines) is 1. The highest BCUT2D eigenvalue weighted by Crippen LogP contribution is 2.37. The summed E-state index contributed by atoms with van der Waals surface area (Å²) in [5.74, 6) is 2.37. The number of anilines is 1. The summed E-state index contributed by atoms with van der Waals surface area (Å²) in [4.78, 5) is 39.7. The number of aromatic amines is 1. The number of H-pyrrole nitrogens is 1. The van der Waals surface area contributed by atoms with Gasteiger partial charge in [-0.1, -0.05) is 13.8 Å². The second kappa shape index (κ2) is 8.30. The van der Waals surface area contributed by atoms with Crippen LogP contribution >= 0.6 is 0 Å². The minimum Gasteiger partial charge on any atom is -0.327 e. The van der Waals surface area contributed by atoms with Crippen LogP contribution in [0.2, 0.25) is 0 Å². The fourth-order valence-electron chi connectivity index (χ4n) is 4.83. The Morgan fingerprint density at radius 2 is 2.00 bits per heavy atom. The predicted molar refractivity (Wildman–Crippen MR) is 120 cm³/mol. The normalized spacial score (nSPS) is 21.2. The first-order valence-electron chi connectivity index (χ1n) is 12.0. The molecular formula is C24H32N6O2. The second-order valence-corrected chi connectivity index (χ2v) is 9.79. The summed E-state index contributed by atoms with van der Waals surface area (Å²) in [6, 6.07) is 1.66. The first-order valence-corrected chi connectivity index (χ1v) is 12.0. The molecule has 2 aromatic heterocycles. The molecule has 2 fully saturated rings. The van der Waals surface area contributed by atoms with Crippen LogP contribution in [0, 0.1) is 12.8 Å². The van der Waals surface area contributed by atoms with Crippen LogP contribution in [0.1, 0.15) is 97.6 Å². The first kappa shape index (κ1) is 21.1. The molecule has 1 N–H and O–H groups in total. The topological polar surface area (TPSA) is 95.1 Å². The van der Waals surface area contributed by atoms with Gasteiger partial charge in [-0.2, -0.15) is 5.10 Å². The van der Waals surface area contributed by atoms with Gasteiger partial charge in [0.25, 0.3) is 5.91 Å². The zero-order valence-corrected chi connectivity index (χ0v) is 19.2. The minimum atomic E-state index is -0.195. The van der Waals surface area contributed by atoms with E-state index in [1.807, 2.05) is 22.8 Å². The van der Waals surface area contributed by atoms with Gasteiger partial charge >= 0.3 is 0 Å². The Labute approximate surface area is 188 Å². The Bertz CT molecular complexity index is 1040. The molecule has 0 aromatic carbocycles. The molecule has 8 heteroatoms. The minimum absolute atomic E-state index is 0.0808. The summed E-state index contributed by atoms with van der Waals surface area (Å²) in [6.45, 7) is 7.57. The number of piperidine rings is 1. The van der Waals surface area contributed by atoms with E-state index in [-0.39, 0.29) is 23.8 Å². The van der Waals surface area contributed by atoms with Crippen LogP contribution in [0.5, 0.6) is 0 Å². The number of fused-ring (bicyclic) bond motifs is 1. The summed E-state index contributed by atoms with van der Waals surface area (Å²) < 4.78 is 0. The van der Waals surface area contributed by atoms with Crippen LogP contribution in [0.15, 0.2) is 6.07 Å². The molecule has 1 saturated carbocycles. The summed E-state index contributed by atoms with van der Waals surface area (Å²) in [5.41, 5.74) is 3.41. The van der Waals surface area contributed by atoms with E-state index in [1.165, 1.54) is 12.8 Å². The van der Waals surface area contributed by atoms with Crippen molar-refractivity contribution in [2.24, 2.45) is 5.92 Å². The van der Waals surface area contributed by atoms with Gasteiger partial charge in [0.1, 0.15) is 11.5 Å². The lowest BCUT2D eigenvalue weighted by Gasteiger charge is -2.36. The van der Waals surface area contributed by atoms with Crippen molar-refractivity contribution in [1.82, 2.24) is 25.1 Å². The highest BCUT2D eigenvalue weighted by molar-refractivity contribution is 5.95. The van der Waals surface area contributed by atoms with Crippen molar-refractivity contribution in [3.05, 3.63) is 34.5 Å². The maximum atomic E-state index is 13.4. The summed E-state index contributed by atoms with van der Waals surface area (Å²) in [7, 11) is 0. The van der Waals surface area contributed by atoms with Crippen molar-refractivity contribution in [2.45, 2.75) is 77.7 Å². The van der Waals surface area contributed by atoms with Crippen LogP contribution in [0.25, 0.3) is 0 Å². The van der Waals surface area contributed by atoms with Crippen LogP contribution in [0.4, 0.5) is 5.82 Å². The standard InChI is InChI=1S/C24H32N6O2/c1-14(2)18-12-19(28-27-18)24(32)29-11-5-4-6-20(29)22-25-15(3)17-9-10-21(31)30(23(17)26-22)13-16-7-8-16/h12,14,16,20H,4-11,13H2,1-3H3,(H,27,28)/t20-/m1/s1. The van der Waals surface area contributed by atoms with E-state index >= 15 is 0 Å². The van der Waals surface area contributed by atoms with Crippen LogP contribution in [0.3, 0.4) is 0 Å². The molecular weight excluding hydrogens is 404 g/mol. The molecule has 0 bridgehead atoms. The Hall–Kier alpha value is -2.77. The van der Waals surface area contributed by atoms with Crippen molar-refractivity contribution in [1.29, 1.82) is 0 Å². The van der Waals surface area contributed by atoms with Gasteiger partial charge in [-0.25, -0.2) is 9.97 Å². The van der Waals surface area contributed by atoms with Gasteiger partial charge in [0, 0.05) is 36.5 Å². The first-order chi connectivity index (χ1) is 15.4. The zero-order chi connectivity index (χ0) is 22.4. The van der Waals surface area contributed by atoms with Crippen molar-refractivity contribution >= 4 is 17.6 Å². The smallest absolute Gasteiger partial charge is 0.274 e. The van der Waals surface area contributed by atoms with Crippen molar-refractivity contribution in [3.63, 3.8) is 0 Å². The van der Waals surface area contributed by atoms with Crippen LogP contribution < -0.4 is 4.90 Å². The van der Waals surface area contributed by atoms with E-state index in [9.17, 15) is 9.59 Å². The number of amides is 2. The number of carbonyl (C=O) groups excluding carboxylic acids is 2. The fraction of sp³-hybridized carbons (Fsp3) is 0.625. The number of aryl methyl sites for hydroxylation is 1. The molecule has 1 atom stereocenters. The highest BCUT2D eigenvalue weighted by atomic mass is 16.2. The lowest BCUT2D eigenvalue weighted by molar-refractivity contribution is -0.119. The van der Waals surface area contributed by atoms with E-state index in [4.69, 9.17) is 9.97 Å². The van der Waals surface area contributed by atoms with Gasteiger partial charge in [0.2, 0.25) is 5.91 Å². The monoisotopic (exact) mass is 436 g/mol. The molecule has 2 aliphatic heterocycles. The molecule has 32 heavy (non-hydrogen) atoms. The second-order valence-electron chi connectivity index (χ2n) is 9.79. The number of rotatable bonds is 5. The largest absolute Gasteiger partial charge is 0.327 e. The van der Waals surface area contributed by atoms with E-state index in [1.54, 1.807) is 0 Å². The predicted octanol–water partition coefficient (Wildman–Crippen LogP) is 3.69. The summed E-state index contributed by atoms with van der Waals surface area (Å²) in [6.07, 6.45) is 6.39. The lowest BCUT2D eigenvalue weighted by atomic mass is 9.98. The number of carbonyl (C=O) groups is 2. The molecule has 0 spiro atoms. The molecule has 1 saturated heterocycles. The average Bonchev–Trinajstić information content (AvgIpc) is 3.46. The van der Waals surface area contributed by atoms with Crippen molar-refractivity contribution in [3.8, 4) is 0 Å². The quantitative estimate of drug-likeness (QED) is 0.771. The van der Waals surface area contributed by atoms with Crippen molar-refractivity contribution in [2.75, 3.05) is 18.0 Å². The third-order valence-electron chi connectivity index (χ3n) is 6.99. The molecule has 4 heterocycles. The van der Waals surface area contributed by atoms with Gasteiger partial charge in [0.05, 0.1) is 6.04 Å². The molecule has 1 aliphatic carbocycles. The Balaban J connectivity index is 1.48. The van der Waals surface area contributed by atoms with Gasteiger partial charge in [-0.05, 0) is 63.4 Å². The SMILES string of the molecule is Cc1nc([C@H]2CCCCN2C(=O)c2cc(C(C)C)[nH]n2)nc2c1CCC(=O)N2CC1CC1. The highest BCUT2D eigenvalue weighted by Gasteiger charge is 2.36. The average molecular weight is 437 g/mol. The zero-order valence-electron chi connectivity index (χ0n) is 19.2. The molecule has 8 nitrogen and oxygen atoms in total. The lowest BCUT2D eigenvalue weighted by Crippen LogP contribution is -2.41. The van der Waals surface area contributed by atoms with E-state index in [0.29, 0.717) is 36.8 Å². The number of nitrogens with zero attached hydrogens (tertiary/aromatic N) is 5. The summed E-state index contributed by atoms with van der Waals surface area (Å²) in [5, 5.41) is 7.27. The van der Waals surface area contributed by atoms with Crippen molar-refractivity contribution < 1.29 is 9.59 Å². The van der Waals surface area contributed by atoms with Gasteiger partial charge in [-0.15, -0.1) is 0 Å². The van der Waals surface area contributed by atoms with Gasteiger partial charge in [0.15, 0.2) is 5.82 Å². The molecule has 170 valence electrons. The summed E-state index contributed by atoms with van der Waals surface area (Å²) >= 11 is 0. The molecule has 5 rings (SSSR count). The number of hydrogen-bond donors (Lipinski definition) is 1. The Kier molecular flexibility index (Phi) is 5.47. The third-order valence-corrected chi connectivity index (χ3v) is 6.99. The molecule has 0 unspecified atom stereocenters. The van der Waals surface area contributed by atoms with Gasteiger partial charge < -0.3 is 4.90 Å². The van der Waals surface area contributed by atoms with Gasteiger partial charge in [-0.3, -0.25) is 19.6 Å². The fourth-order valence-corrected chi connectivity index (χ4v) is 4.83. The van der Waals surface area contributed by atoms with E-state index in [0.717, 1.165) is 48.6 Å². The van der Waals surface area contributed by atoms with E-state index in [2.05, 4.69) is 24.0 Å². The third kappa shape index (κ3) is 3.91. The molecule has 0 radical (unpaired) electrons. The molecule has 2 aromatic rings. The Morgan fingerprint density at radius 3 is 2.72 bits per heavy atom.